The van der Waals surface area contributed by atoms with Crippen LogP contribution in [0.1, 0.15) is 28.2 Å². The summed E-state index contributed by atoms with van der Waals surface area (Å²) in [5, 5.41) is 12.6. The van der Waals surface area contributed by atoms with Crippen LogP contribution in [0.15, 0.2) is 72.9 Å². The van der Waals surface area contributed by atoms with Crippen molar-refractivity contribution in [2.45, 2.75) is 31.7 Å². The van der Waals surface area contributed by atoms with E-state index in [-0.39, 0.29) is 17.7 Å². The highest BCUT2D eigenvalue weighted by atomic mass is 35.5. The maximum atomic E-state index is 14.5. The molecule has 3 atom stereocenters. The standard InChI is InChI=1S/C26H25ClFNO/c1-15-5-9-19(10-6-15)25-24(26(25,27)30)18(4)29-20-11-8-17(3)22(14-20)21-12-7-16(2)13-23(21)28/h5-14,24-25,29-30H,4H2,1-3H3. The third-order valence-electron chi connectivity index (χ3n) is 5.87. The molecule has 30 heavy (non-hydrogen) atoms. The van der Waals surface area contributed by atoms with Gasteiger partial charge in [0, 0.05) is 22.9 Å². The van der Waals surface area contributed by atoms with Gasteiger partial charge in [-0.1, -0.05) is 66.2 Å². The minimum absolute atomic E-state index is 0.223. The van der Waals surface area contributed by atoms with Crippen LogP contribution in [0.4, 0.5) is 10.1 Å². The van der Waals surface area contributed by atoms with E-state index in [4.69, 9.17) is 11.6 Å². The van der Waals surface area contributed by atoms with E-state index in [1.165, 1.54) is 6.07 Å². The number of halogens is 2. The summed E-state index contributed by atoms with van der Waals surface area (Å²) in [6, 6.07) is 19.0. The fourth-order valence-electron chi connectivity index (χ4n) is 4.08. The molecule has 0 aromatic heterocycles. The molecule has 4 rings (SSSR count). The second-order valence-electron chi connectivity index (χ2n) is 8.26. The first-order valence-electron chi connectivity index (χ1n) is 9.99. The first-order valence-corrected chi connectivity index (χ1v) is 10.4. The zero-order valence-electron chi connectivity index (χ0n) is 17.3. The molecule has 1 saturated carbocycles. The van der Waals surface area contributed by atoms with E-state index < -0.39 is 5.06 Å². The van der Waals surface area contributed by atoms with Gasteiger partial charge in [0.2, 0.25) is 0 Å². The number of hydrogen-bond donors (Lipinski definition) is 2. The predicted molar refractivity (Wildman–Crippen MR) is 122 cm³/mol. The summed E-state index contributed by atoms with van der Waals surface area (Å²) < 4.78 is 14.5. The van der Waals surface area contributed by atoms with Crippen molar-refractivity contribution < 1.29 is 9.50 Å². The van der Waals surface area contributed by atoms with E-state index in [0.29, 0.717) is 11.3 Å². The number of anilines is 1. The first kappa shape index (κ1) is 20.6. The molecule has 1 aliphatic carbocycles. The van der Waals surface area contributed by atoms with Crippen LogP contribution in [-0.4, -0.2) is 10.2 Å². The highest BCUT2D eigenvalue weighted by Gasteiger charge is 2.65. The Morgan fingerprint density at radius 1 is 0.967 bits per heavy atom. The number of benzene rings is 3. The summed E-state index contributed by atoms with van der Waals surface area (Å²) in [4.78, 5) is 0. The van der Waals surface area contributed by atoms with Gasteiger partial charge in [-0.25, -0.2) is 4.39 Å². The van der Waals surface area contributed by atoms with Gasteiger partial charge in [0.25, 0.3) is 0 Å². The van der Waals surface area contributed by atoms with Crippen LogP contribution in [0, 0.1) is 32.5 Å². The van der Waals surface area contributed by atoms with Gasteiger partial charge < -0.3 is 10.4 Å². The van der Waals surface area contributed by atoms with Crippen LogP contribution in [-0.2, 0) is 0 Å². The molecule has 0 radical (unpaired) electrons. The fraction of sp³-hybridized carbons (Fsp3) is 0.231. The maximum absolute atomic E-state index is 14.5. The normalized spacial score (nSPS) is 22.6. The van der Waals surface area contributed by atoms with Crippen LogP contribution < -0.4 is 5.32 Å². The van der Waals surface area contributed by atoms with Crippen LogP contribution in [0.2, 0.25) is 0 Å². The van der Waals surface area contributed by atoms with E-state index in [1.54, 1.807) is 6.07 Å². The van der Waals surface area contributed by atoms with Crippen molar-refractivity contribution in [2.24, 2.45) is 5.92 Å². The lowest BCUT2D eigenvalue weighted by Crippen LogP contribution is -2.07. The van der Waals surface area contributed by atoms with E-state index in [2.05, 4.69) is 11.9 Å². The Hall–Kier alpha value is -2.62. The lowest BCUT2D eigenvalue weighted by atomic mass is 9.98. The number of aliphatic hydroxyl groups is 1. The number of alkyl halides is 1. The molecular weight excluding hydrogens is 397 g/mol. The second-order valence-corrected chi connectivity index (χ2v) is 8.86. The van der Waals surface area contributed by atoms with Crippen LogP contribution in [0.5, 0.6) is 0 Å². The molecule has 2 nitrogen and oxygen atoms in total. The summed E-state index contributed by atoms with van der Waals surface area (Å²) in [7, 11) is 0. The van der Waals surface area contributed by atoms with Crippen molar-refractivity contribution in [1.29, 1.82) is 0 Å². The van der Waals surface area contributed by atoms with E-state index in [0.717, 1.165) is 33.5 Å². The molecule has 0 heterocycles. The van der Waals surface area contributed by atoms with Gasteiger partial charge in [0.15, 0.2) is 5.06 Å². The maximum Gasteiger partial charge on any atom is 0.155 e. The molecule has 1 fully saturated rings. The molecule has 3 aromatic rings. The van der Waals surface area contributed by atoms with Crippen molar-refractivity contribution in [2.75, 3.05) is 5.32 Å². The summed E-state index contributed by atoms with van der Waals surface area (Å²) >= 11 is 6.40. The monoisotopic (exact) mass is 421 g/mol. The minimum Gasteiger partial charge on any atom is -0.374 e. The Kier molecular flexibility index (Phi) is 5.21. The molecule has 3 unspecified atom stereocenters. The molecule has 0 spiro atoms. The van der Waals surface area contributed by atoms with Gasteiger partial charge >= 0.3 is 0 Å². The summed E-state index contributed by atoms with van der Waals surface area (Å²) in [5.74, 6) is -0.784. The molecular formula is C26H25ClFNO. The minimum atomic E-state index is -1.37. The average molecular weight is 422 g/mol. The quantitative estimate of drug-likeness (QED) is 0.450. The molecule has 4 heteroatoms. The topological polar surface area (TPSA) is 32.3 Å². The molecule has 0 saturated heterocycles. The number of hydrogen-bond acceptors (Lipinski definition) is 2. The van der Waals surface area contributed by atoms with Crippen LogP contribution in [0.3, 0.4) is 0 Å². The highest BCUT2D eigenvalue weighted by Crippen LogP contribution is 2.63. The van der Waals surface area contributed by atoms with Crippen molar-refractivity contribution in [1.82, 2.24) is 0 Å². The van der Waals surface area contributed by atoms with E-state index >= 15 is 0 Å². The van der Waals surface area contributed by atoms with E-state index in [9.17, 15) is 9.50 Å². The van der Waals surface area contributed by atoms with Gasteiger partial charge in [-0.2, -0.15) is 0 Å². The molecule has 1 aliphatic rings. The lowest BCUT2D eigenvalue weighted by Gasteiger charge is -2.14. The van der Waals surface area contributed by atoms with Crippen molar-refractivity contribution in [3.8, 4) is 11.1 Å². The molecule has 154 valence electrons. The van der Waals surface area contributed by atoms with Gasteiger partial charge in [0.1, 0.15) is 5.82 Å². The molecule has 0 aliphatic heterocycles. The van der Waals surface area contributed by atoms with Gasteiger partial charge in [-0.3, -0.25) is 0 Å². The predicted octanol–water partition coefficient (Wildman–Crippen LogP) is 6.68. The lowest BCUT2D eigenvalue weighted by molar-refractivity contribution is 0.219. The van der Waals surface area contributed by atoms with Gasteiger partial charge in [0.05, 0.1) is 5.92 Å². The van der Waals surface area contributed by atoms with Crippen molar-refractivity contribution >= 4 is 17.3 Å². The fourth-order valence-corrected chi connectivity index (χ4v) is 4.53. The van der Waals surface area contributed by atoms with Crippen LogP contribution >= 0.6 is 11.6 Å². The summed E-state index contributed by atoms with van der Waals surface area (Å²) in [6.07, 6.45) is 0. The van der Waals surface area contributed by atoms with Crippen LogP contribution in [0.25, 0.3) is 11.1 Å². The first-order chi connectivity index (χ1) is 14.2. The second kappa shape index (κ2) is 7.57. The van der Waals surface area contributed by atoms with E-state index in [1.807, 2.05) is 69.3 Å². The van der Waals surface area contributed by atoms with Gasteiger partial charge in [-0.15, -0.1) is 0 Å². The smallest absolute Gasteiger partial charge is 0.155 e. The van der Waals surface area contributed by atoms with Crippen molar-refractivity contribution in [3.05, 3.63) is 101 Å². The molecule has 0 bridgehead atoms. The Balaban J connectivity index is 1.57. The molecule has 0 amide bonds. The Labute approximate surface area is 182 Å². The molecule has 3 aromatic carbocycles. The summed E-state index contributed by atoms with van der Waals surface area (Å²) in [6.45, 7) is 9.97. The zero-order chi connectivity index (χ0) is 21.6. The number of rotatable bonds is 5. The Morgan fingerprint density at radius 3 is 2.30 bits per heavy atom. The SMILES string of the molecule is C=C(Nc1ccc(C)c(-c2ccc(C)cc2F)c1)C1C(c2ccc(C)cc2)C1(O)Cl. The Bertz CT molecular complexity index is 1120. The zero-order valence-corrected chi connectivity index (χ0v) is 18.1. The average Bonchev–Trinajstić information content (AvgIpc) is 3.26. The third kappa shape index (κ3) is 3.76. The summed E-state index contributed by atoms with van der Waals surface area (Å²) in [5.41, 5.74) is 6.79. The van der Waals surface area contributed by atoms with Crippen molar-refractivity contribution in [3.63, 3.8) is 0 Å². The Morgan fingerprint density at radius 2 is 1.63 bits per heavy atom. The molecule has 2 N–H and O–H groups in total. The largest absolute Gasteiger partial charge is 0.374 e. The van der Waals surface area contributed by atoms with Gasteiger partial charge in [-0.05, 0) is 61.2 Å². The number of nitrogens with one attached hydrogen (secondary N) is 1. The highest BCUT2D eigenvalue weighted by molar-refractivity contribution is 6.26. The number of aryl methyl sites for hydroxylation is 3. The third-order valence-corrected chi connectivity index (χ3v) is 6.34.